The summed E-state index contributed by atoms with van der Waals surface area (Å²) in [6.45, 7) is 1.59. The van der Waals surface area contributed by atoms with Gasteiger partial charge in [0.05, 0.1) is 17.7 Å². The number of benzene rings is 2. The minimum Gasteiger partial charge on any atom is -0.493 e. The van der Waals surface area contributed by atoms with Crippen LogP contribution in [0.4, 0.5) is 26.3 Å². The molecule has 1 aliphatic rings. The zero-order valence-corrected chi connectivity index (χ0v) is 20.5. The van der Waals surface area contributed by atoms with Gasteiger partial charge in [0.25, 0.3) is 0 Å². The standard InChI is InChI=1S/C23H26F6NO6P/c1-2-21(30,20-35-37(31,32)36-20)11-10-16-8-9-19(18(14-16)22(24,25)26)33-12-4-6-15-5-3-7-17(13-15)34-23(27,28)29/h3,5,7-9,13-14,20H,2,4,6,10-12,30H2,1H3,(H,31,32). The van der Waals surface area contributed by atoms with Crippen LogP contribution in [-0.4, -0.2) is 29.7 Å². The minimum atomic E-state index is -4.83. The fraction of sp³-hybridized carbons (Fsp3) is 0.478. The molecule has 14 heteroatoms. The van der Waals surface area contributed by atoms with Crippen LogP contribution in [0.2, 0.25) is 0 Å². The molecule has 0 amide bonds. The van der Waals surface area contributed by atoms with Crippen molar-refractivity contribution in [1.29, 1.82) is 0 Å². The van der Waals surface area contributed by atoms with E-state index in [0.717, 1.165) is 12.1 Å². The molecule has 2 aromatic carbocycles. The maximum Gasteiger partial charge on any atom is 0.573 e. The first-order valence-electron chi connectivity index (χ1n) is 11.3. The highest BCUT2D eigenvalue weighted by Gasteiger charge is 2.51. The van der Waals surface area contributed by atoms with Crippen molar-refractivity contribution in [2.24, 2.45) is 5.73 Å². The highest BCUT2D eigenvalue weighted by atomic mass is 31.2. The zero-order valence-electron chi connectivity index (χ0n) is 19.6. The van der Waals surface area contributed by atoms with Crippen molar-refractivity contribution >= 4 is 7.82 Å². The van der Waals surface area contributed by atoms with Gasteiger partial charge < -0.3 is 20.1 Å². The fourth-order valence-electron chi connectivity index (χ4n) is 3.73. The average molecular weight is 557 g/mol. The Morgan fingerprint density at radius 2 is 1.70 bits per heavy atom. The highest BCUT2D eigenvalue weighted by Crippen LogP contribution is 2.58. The summed E-state index contributed by atoms with van der Waals surface area (Å²) in [5, 5.41) is 0. The first kappa shape index (κ1) is 29.2. The first-order chi connectivity index (χ1) is 17.1. The van der Waals surface area contributed by atoms with Crippen LogP contribution >= 0.6 is 7.82 Å². The number of halogens is 6. The molecule has 37 heavy (non-hydrogen) atoms. The van der Waals surface area contributed by atoms with Crippen LogP contribution in [0.15, 0.2) is 42.5 Å². The van der Waals surface area contributed by atoms with Crippen LogP contribution in [0.1, 0.15) is 42.9 Å². The molecule has 3 rings (SSSR count). The average Bonchev–Trinajstić information content (AvgIpc) is 2.77. The van der Waals surface area contributed by atoms with E-state index in [1.54, 1.807) is 13.0 Å². The maximum absolute atomic E-state index is 13.7. The van der Waals surface area contributed by atoms with Gasteiger partial charge in [0, 0.05) is 0 Å². The van der Waals surface area contributed by atoms with Gasteiger partial charge in [0.2, 0.25) is 0 Å². The molecule has 7 nitrogen and oxygen atoms in total. The second-order valence-corrected chi connectivity index (χ2v) is 9.93. The van der Waals surface area contributed by atoms with Crippen molar-refractivity contribution in [2.75, 3.05) is 6.61 Å². The van der Waals surface area contributed by atoms with Gasteiger partial charge in [0.15, 0.2) is 6.29 Å². The summed E-state index contributed by atoms with van der Waals surface area (Å²) in [4.78, 5) is 9.16. The highest BCUT2D eigenvalue weighted by molar-refractivity contribution is 7.48. The third-order valence-electron chi connectivity index (χ3n) is 5.81. The lowest BCUT2D eigenvalue weighted by Crippen LogP contribution is -2.56. The second-order valence-electron chi connectivity index (χ2n) is 8.57. The number of hydrogen-bond acceptors (Lipinski definition) is 6. The van der Waals surface area contributed by atoms with E-state index >= 15 is 0 Å². The molecule has 1 saturated heterocycles. The molecule has 0 radical (unpaired) electrons. The lowest BCUT2D eigenvalue weighted by atomic mass is 9.88. The van der Waals surface area contributed by atoms with E-state index in [1.807, 2.05) is 0 Å². The van der Waals surface area contributed by atoms with E-state index in [-0.39, 0.29) is 50.2 Å². The van der Waals surface area contributed by atoms with Crippen LogP contribution in [0, 0.1) is 0 Å². The summed E-state index contributed by atoms with van der Waals surface area (Å²) in [7, 11) is -4.11. The molecule has 206 valence electrons. The summed E-state index contributed by atoms with van der Waals surface area (Å²) in [5.41, 5.74) is 4.87. The van der Waals surface area contributed by atoms with Gasteiger partial charge in [-0.2, -0.15) is 13.2 Å². The topological polar surface area (TPSA) is 100 Å². The number of nitrogens with two attached hydrogens (primary N) is 1. The molecule has 0 aliphatic carbocycles. The Balaban J connectivity index is 1.59. The van der Waals surface area contributed by atoms with E-state index in [4.69, 9.17) is 24.4 Å². The molecule has 1 unspecified atom stereocenters. The Hall–Kier alpha value is -2.31. The molecule has 1 atom stereocenters. The van der Waals surface area contributed by atoms with Gasteiger partial charge in [-0.1, -0.05) is 25.1 Å². The molecule has 2 aromatic rings. The van der Waals surface area contributed by atoms with Crippen molar-refractivity contribution in [3.8, 4) is 11.5 Å². The normalized spacial score (nSPS) is 21.7. The SMILES string of the molecule is CCC(N)(CCc1ccc(OCCCc2cccc(OC(F)(F)F)c2)c(C(F)(F)F)c1)C1OP(=O)(O)O1. The van der Waals surface area contributed by atoms with Crippen LogP contribution in [0.3, 0.4) is 0 Å². The number of hydrogen-bond donors (Lipinski definition) is 2. The quantitative estimate of drug-likeness (QED) is 0.195. The van der Waals surface area contributed by atoms with Crippen molar-refractivity contribution in [3.05, 3.63) is 59.2 Å². The summed E-state index contributed by atoms with van der Waals surface area (Å²) >= 11 is 0. The van der Waals surface area contributed by atoms with Gasteiger partial charge in [-0.15, -0.1) is 13.2 Å². The Morgan fingerprint density at radius 3 is 2.30 bits per heavy atom. The number of phosphoric ester groups is 1. The largest absolute Gasteiger partial charge is 0.573 e. The molecular formula is C23H26F6NO6P. The third kappa shape index (κ3) is 8.34. The minimum absolute atomic E-state index is 0.105. The summed E-state index contributed by atoms with van der Waals surface area (Å²) in [6, 6.07) is 8.91. The molecule has 0 spiro atoms. The number of alkyl halides is 6. The smallest absolute Gasteiger partial charge is 0.493 e. The van der Waals surface area contributed by atoms with Crippen molar-refractivity contribution in [3.63, 3.8) is 0 Å². The number of ether oxygens (including phenoxy) is 2. The Bertz CT molecular complexity index is 1120. The van der Waals surface area contributed by atoms with Gasteiger partial charge in [0.1, 0.15) is 11.5 Å². The fourth-order valence-corrected chi connectivity index (χ4v) is 4.65. The summed E-state index contributed by atoms with van der Waals surface area (Å²) in [5.74, 6) is -0.766. The predicted octanol–water partition coefficient (Wildman–Crippen LogP) is 6.13. The number of rotatable bonds is 11. The van der Waals surface area contributed by atoms with Gasteiger partial charge >= 0.3 is 20.4 Å². The monoisotopic (exact) mass is 557 g/mol. The Labute approximate surface area is 209 Å². The van der Waals surface area contributed by atoms with Crippen LogP contribution in [0.5, 0.6) is 11.5 Å². The molecule has 0 saturated carbocycles. The van der Waals surface area contributed by atoms with E-state index in [2.05, 4.69) is 4.74 Å². The van der Waals surface area contributed by atoms with Crippen molar-refractivity contribution < 1.29 is 54.3 Å². The molecule has 3 N–H and O–H groups in total. The molecule has 0 aromatic heterocycles. The Morgan fingerprint density at radius 1 is 1.03 bits per heavy atom. The van der Waals surface area contributed by atoms with Crippen molar-refractivity contribution in [2.45, 2.75) is 63.4 Å². The van der Waals surface area contributed by atoms with Crippen molar-refractivity contribution in [1.82, 2.24) is 0 Å². The number of phosphoric acid groups is 1. The van der Waals surface area contributed by atoms with Crippen LogP contribution < -0.4 is 15.2 Å². The molecule has 1 aliphatic heterocycles. The lowest BCUT2D eigenvalue weighted by Gasteiger charge is -2.42. The lowest BCUT2D eigenvalue weighted by molar-refractivity contribution is -0.274. The molecular weight excluding hydrogens is 531 g/mol. The first-order valence-corrected chi connectivity index (χ1v) is 12.8. The Kier molecular flexibility index (Phi) is 8.86. The summed E-state index contributed by atoms with van der Waals surface area (Å²) in [6.07, 6.45) is -9.64. The maximum atomic E-state index is 13.7. The number of aryl methyl sites for hydroxylation is 2. The van der Waals surface area contributed by atoms with E-state index in [1.165, 1.54) is 24.3 Å². The van der Waals surface area contributed by atoms with E-state index in [0.29, 0.717) is 11.1 Å². The molecule has 0 bridgehead atoms. The van der Waals surface area contributed by atoms with E-state index in [9.17, 15) is 30.9 Å². The van der Waals surface area contributed by atoms with Gasteiger partial charge in [-0.3, -0.25) is 9.05 Å². The third-order valence-corrected chi connectivity index (χ3v) is 6.73. The van der Waals surface area contributed by atoms with Crippen LogP contribution in [0.25, 0.3) is 0 Å². The van der Waals surface area contributed by atoms with Crippen LogP contribution in [-0.2, 0) is 32.6 Å². The predicted molar refractivity (Wildman–Crippen MR) is 120 cm³/mol. The molecule has 1 fully saturated rings. The van der Waals surface area contributed by atoms with Gasteiger partial charge in [-0.25, -0.2) is 4.57 Å². The summed E-state index contributed by atoms with van der Waals surface area (Å²) < 4.78 is 108. The van der Waals surface area contributed by atoms with Gasteiger partial charge in [-0.05, 0) is 67.5 Å². The molecule has 1 heterocycles. The second kappa shape index (κ2) is 11.2. The van der Waals surface area contributed by atoms with E-state index < -0.39 is 37.8 Å². The zero-order chi connectivity index (χ0) is 27.5.